The first-order chi connectivity index (χ1) is 13.3. The molecule has 0 unspecified atom stereocenters. The molecule has 0 spiro atoms. The van der Waals surface area contributed by atoms with Crippen molar-refractivity contribution in [2.45, 2.75) is 42.6 Å². The zero-order valence-corrected chi connectivity index (χ0v) is 17.5. The van der Waals surface area contributed by atoms with Crippen LogP contribution in [0.5, 0.6) is 0 Å². The van der Waals surface area contributed by atoms with Gasteiger partial charge in [0.2, 0.25) is 10.0 Å². The molecule has 6 nitrogen and oxygen atoms in total. The lowest BCUT2D eigenvalue weighted by molar-refractivity contribution is 0.481. The maximum Gasteiger partial charge on any atom is 0.262 e. The van der Waals surface area contributed by atoms with Crippen LogP contribution in [-0.2, 0) is 22.3 Å². The highest BCUT2D eigenvalue weighted by atomic mass is 32.2. The Hall–Kier alpha value is -2.16. The third-order valence-corrected chi connectivity index (χ3v) is 6.43. The number of primary sulfonamides is 1. The predicted octanol–water partition coefficient (Wildman–Crippen LogP) is 3.38. The smallest absolute Gasteiger partial charge is 0.262 e. The van der Waals surface area contributed by atoms with E-state index < -0.39 is 10.0 Å². The van der Waals surface area contributed by atoms with Crippen LogP contribution < -0.4 is 10.7 Å². The van der Waals surface area contributed by atoms with E-state index in [0.717, 1.165) is 6.42 Å². The number of para-hydroxylation sites is 1. The number of nitrogens with two attached hydrogens (primary N) is 1. The average molecular weight is 418 g/mol. The molecule has 28 heavy (non-hydrogen) atoms. The molecule has 0 atom stereocenters. The number of nitrogens with zero attached hydrogens (tertiary/aromatic N) is 2. The van der Waals surface area contributed by atoms with Gasteiger partial charge in [0.25, 0.3) is 5.56 Å². The lowest BCUT2D eigenvalue weighted by Gasteiger charge is -2.15. The molecule has 148 valence electrons. The van der Waals surface area contributed by atoms with E-state index in [1.54, 1.807) is 28.8 Å². The van der Waals surface area contributed by atoms with Crippen molar-refractivity contribution < 1.29 is 8.42 Å². The minimum Gasteiger partial charge on any atom is -0.287 e. The van der Waals surface area contributed by atoms with Crippen LogP contribution in [0.15, 0.2) is 63.4 Å². The Kier molecular flexibility index (Phi) is 6.22. The Morgan fingerprint density at radius 2 is 1.79 bits per heavy atom. The Bertz CT molecular complexity index is 1150. The zero-order valence-electron chi connectivity index (χ0n) is 15.8. The number of fused-ring (bicyclic) bond motifs is 1. The van der Waals surface area contributed by atoms with Crippen LogP contribution in [0.1, 0.15) is 25.8 Å². The molecule has 0 amide bonds. The summed E-state index contributed by atoms with van der Waals surface area (Å²) < 4.78 is 25.4. The van der Waals surface area contributed by atoms with E-state index in [-0.39, 0.29) is 10.5 Å². The summed E-state index contributed by atoms with van der Waals surface area (Å²) in [5.74, 6) is 0.790. The first-order valence-electron chi connectivity index (χ1n) is 9.00. The van der Waals surface area contributed by atoms with Crippen molar-refractivity contribution in [3.63, 3.8) is 0 Å². The van der Waals surface area contributed by atoms with Gasteiger partial charge in [0.1, 0.15) is 0 Å². The van der Waals surface area contributed by atoms with E-state index >= 15 is 0 Å². The SMILES string of the molecule is CC(C)CCn1c(SCc2ccccc2S(N)(=O)=O)nc2ccccc2c1=O. The Labute approximate surface area is 168 Å². The molecule has 1 heterocycles. The Balaban J connectivity index is 2.01. The van der Waals surface area contributed by atoms with Gasteiger partial charge >= 0.3 is 0 Å². The molecule has 2 aromatic carbocycles. The van der Waals surface area contributed by atoms with Crippen LogP contribution in [0.2, 0.25) is 0 Å². The van der Waals surface area contributed by atoms with Crippen LogP contribution in [-0.4, -0.2) is 18.0 Å². The molecule has 0 saturated heterocycles. The van der Waals surface area contributed by atoms with Crippen molar-refractivity contribution >= 4 is 32.7 Å². The predicted molar refractivity (Wildman–Crippen MR) is 113 cm³/mol. The maximum atomic E-state index is 13.0. The molecule has 3 aromatic rings. The fourth-order valence-electron chi connectivity index (χ4n) is 2.89. The van der Waals surface area contributed by atoms with Crippen molar-refractivity contribution in [3.8, 4) is 0 Å². The van der Waals surface area contributed by atoms with Crippen molar-refractivity contribution in [2.24, 2.45) is 11.1 Å². The first kappa shape index (κ1) is 20.6. The number of thioether (sulfide) groups is 1. The largest absolute Gasteiger partial charge is 0.287 e. The van der Waals surface area contributed by atoms with Gasteiger partial charge in [0.15, 0.2) is 5.16 Å². The standard InChI is InChI=1S/C20H23N3O3S2/c1-14(2)11-12-23-19(24)16-8-4-5-9-17(16)22-20(23)27-13-15-7-3-6-10-18(15)28(21,25)26/h3-10,14H,11-13H2,1-2H3,(H2,21,25,26). The van der Waals surface area contributed by atoms with Gasteiger partial charge in [-0.1, -0.05) is 55.9 Å². The van der Waals surface area contributed by atoms with E-state index in [1.165, 1.54) is 17.8 Å². The number of sulfonamides is 1. The van der Waals surface area contributed by atoms with E-state index in [4.69, 9.17) is 5.14 Å². The summed E-state index contributed by atoms with van der Waals surface area (Å²) in [5.41, 5.74) is 1.15. The lowest BCUT2D eigenvalue weighted by atomic mass is 10.1. The number of hydrogen-bond acceptors (Lipinski definition) is 5. The summed E-state index contributed by atoms with van der Waals surface area (Å²) in [5, 5.41) is 6.49. The van der Waals surface area contributed by atoms with Crippen LogP contribution in [0.3, 0.4) is 0 Å². The number of rotatable bonds is 7. The lowest BCUT2D eigenvalue weighted by Crippen LogP contribution is -2.24. The van der Waals surface area contributed by atoms with Gasteiger partial charge in [-0.25, -0.2) is 18.5 Å². The molecule has 3 rings (SSSR count). The van der Waals surface area contributed by atoms with Crippen LogP contribution in [0.4, 0.5) is 0 Å². The molecule has 0 aliphatic heterocycles. The Morgan fingerprint density at radius 3 is 2.50 bits per heavy atom. The third-order valence-electron chi connectivity index (χ3n) is 4.39. The van der Waals surface area contributed by atoms with Gasteiger partial charge < -0.3 is 0 Å². The molecule has 0 saturated carbocycles. The fraction of sp³-hybridized carbons (Fsp3) is 0.300. The van der Waals surface area contributed by atoms with E-state index in [1.807, 2.05) is 18.2 Å². The molecule has 0 fully saturated rings. The minimum atomic E-state index is -3.81. The van der Waals surface area contributed by atoms with E-state index in [0.29, 0.717) is 39.8 Å². The van der Waals surface area contributed by atoms with Gasteiger partial charge in [0, 0.05) is 12.3 Å². The second-order valence-corrected chi connectivity index (χ2v) is 9.46. The topological polar surface area (TPSA) is 95.1 Å². The van der Waals surface area contributed by atoms with E-state index in [2.05, 4.69) is 18.8 Å². The van der Waals surface area contributed by atoms with Crippen LogP contribution >= 0.6 is 11.8 Å². The highest BCUT2D eigenvalue weighted by Gasteiger charge is 2.16. The van der Waals surface area contributed by atoms with Crippen LogP contribution in [0, 0.1) is 5.92 Å². The molecule has 0 aliphatic rings. The van der Waals surface area contributed by atoms with Gasteiger partial charge in [-0.3, -0.25) is 9.36 Å². The zero-order chi connectivity index (χ0) is 20.3. The van der Waals surface area contributed by atoms with Crippen molar-refractivity contribution in [2.75, 3.05) is 0 Å². The monoisotopic (exact) mass is 417 g/mol. The average Bonchev–Trinajstić information content (AvgIpc) is 2.65. The molecule has 2 N–H and O–H groups in total. The summed E-state index contributed by atoms with van der Waals surface area (Å²) in [4.78, 5) is 17.8. The molecular weight excluding hydrogens is 394 g/mol. The molecule has 8 heteroatoms. The van der Waals surface area contributed by atoms with Crippen LogP contribution in [0.25, 0.3) is 10.9 Å². The van der Waals surface area contributed by atoms with Crippen molar-refractivity contribution in [3.05, 3.63) is 64.4 Å². The Morgan fingerprint density at radius 1 is 1.11 bits per heavy atom. The van der Waals surface area contributed by atoms with Gasteiger partial charge in [-0.15, -0.1) is 0 Å². The first-order valence-corrected chi connectivity index (χ1v) is 11.5. The molecule has 1 aromatic heterocycles. The molecule has 0 radical (unpaired) electrons. The summed E-state index contributed by atoms with van der Waals surface area (Å²) in [6.07, 6.45) is 0.848. The summed E-state index contributed by atoms with van der Waals surface area (Å²) in [6, 6.07) is 13.9. The van der Waals surface area contributed by atoms with Gasteiger partial charge in [0.05, 0.1) is 15.8 Å². The highest BCUT2D eigenvalue weighted by molar-refractivity contribution is 7.98. The highest BCUT2D eigenvalue weighted by Crippen LogP contribution is 2.26. The summed E-state index contributed by atoms with van der Waals surface area (Å²) in [7, 11) is -3.81. The second kappa shape index (κ2) is 8.46. The van der Waals surface area contributed by atoms with Gasteiger partial charge in [-0.2, -0.15) is 0 Å². The summed E-state index contributed by atoms with van der Waals surface area (Å²) in [6.45, 7) is 4.77. The van der Waals surface area contributed by atoms with Crippen molar-refractivity contribution in [1.29, 1.82) is 0 Å². The normalized spacial score (nSPS) is 12.0. The quantitative estimate of drug-likeness (QED) is 0.470. The molecular formula is C20H23N3O3S2. The third kappa shape index (κ3) is 4.63. The van der Waals surface area contributed by atoms with E-state index in [9.17, 15) is 13.2 Å². The molecule has 0 bridgehead atoms. The second-order valence-electron chi connectivity index (χ2n) is 6.99. The van der Waals surface area contributed by atoms with Crippen molar-refractivity contribution in [1.82, 2.24) is 9.55 Å². The number of benzene rings is 2. The minimum absolute atomic E-state index is 0.0755. The maximum absolute atomic E-state index is 13.0. The number of aromatic nitrogens is 2. The molecule has 0 aliphatic carbocycles. The number of hydrogen-bond donors (Lipinski definition) is 1. The fourth-order valence-corrected chi connectivity index (χ4v) is 4.78. The summed E-state index contributed by atoms with van der Waals surface area (Å²) >= 11 is 1.34. The van der Waals surface area contributed by atoms with Gasteiger partial charge in [-0.05, 0) is 36.1 Å².